The van der Waals surface area contributed by atoms with Crippen molar-refractivity contribution in [1.82, 2.24) is 10.3 Å². The molecular formula is C8H11ClN2O4S. The van der Waals surface area contributed by atoms with E-state index in [0.29, 0.717) is 18.8 Å². The van der Waals surface area contributed by atoms with Gasteiger partial charge >= 0.3 is 10.1 Å². The van der Waals surface area contributed by atoms with Crippen molar-refractivity contribution in [2.75, 3.05) is 6.54 Å². The molecule has 0 amide bonds. The van der Waals surface area contributed by atoms with Gasteiger partial charge in [-0.15, -0.1) is 12.4 Å². The van der Waals surface area contributed by atoms with Gasteiger partial charge in [0.1, 0.15) is 6.10 Å². The average molecular weight is 267 g/mol. The lowest BCUT2D eigenvalue weighted by Crippen LogP contribution is -2.29. The highest BCUT2D eigenvalue weighted by Crippen LogP contribution is 2.21. The van der Waals surface area contributed by atoms with Gasteiger partial charge in [-0.05, 0) is 11.6 Å². The Labute approximate surface area is 98.9 Å². The molecule has 90 valence electrons. The Bertz CT molecular complexity index is 491. The quantitative estimate of drug-likeness (QED) is 0.613. The summed E-state index contributed by atoms with van der Waals surface area (Å²) in [6.45, 7) is 0.861. The summed E-state index contributed by atoms with van der Waals surface area (Å²) in [6.07, 6.45) is -0.838. The van der Waals surface area contributed by atoms with Crippen LogP contribution in [0.15, 0.2) is 17.2 Å². The first kappa shape index (κ1) is 13.3. The Morgan fingerprint density at radius 2 is 2.12 bits per heavy atom. The molecule has 2 rings (SSSR count). The first-order chi connectivity index (χ1) is 6.98. The predicted octanol–water partition coefficient (Wildman–Crippen LogP) is -0.113. The van der Waals surface area contributed by atoms with Crippen molar-refractivity contribution in [3.8, 4) is 0 Å². The predicted molar refractivity (Wildman–Crippen MR) is 58.0 cm³/mol. The second kappa shape index (κ2) is 4.64. The molecule has 0 saturated heterocycles. The maximum atomic E-state index is 10.8. The lowest BCUT2D eigenvalue weighted by molar-refractivity contribution is 0.159. The number of aliphatic hydroxyl groups excluding tert-OH is 1. The Morgan fingerprint density at radius 3 is 2.75 bits per heavy atom. The molecule has 8 heteroatoms. The number of fused-ring (bicyclic) bond motifs is 1. The summed E-state index contributed by atoms with van der Waals surface area (Å²) >= 11 is 0. The SMILES string of the molecule is Cl.O=S(=O)(O)c1ccc2c(n1)C(O)CNC2. The van der Waals surface area contributed by atoms with Crippen molar-refractivity contribution in [3.05, 3.63) is 23.4 Å². The molecule has 0 fully saturated rings. The molecule has 0 aromatic carbocycles. The lowest BCUT2D eigenvalue weighted by Gasteiger charge is -2.21. The van der Waals surface area contributed by atoms with Crippen LogP contribution < -0.4 is 5.32 Å². The van der Waals surface area contributed by atoms with Crippen LogP contribution in [0.2, 0.25) is 0 Å². The van der Waals surface area contributed by atoms with Gasteiger partial charge in [0.25, 0.3) is 0 Å². The second-order valence-electron chi connectivity index (χ2n) is 3.32. The van der Waals surface area contributed by atoms with Crippen LogP contribution in [0, 0.1) is 0 Å². The van der Waals surface area contributed by atoms with E-state index in [0.717, 1.165) is 5.56 Å². The van der Waals surface area contributed by atoms with Gasteiger partial charge in [-0.3, -0.25) is 4.55 Å². The molecule has 3 N–H and O–H groups in total. The Hall–Kier alpha value is -0.730. The van der Waals surface area contributed by atoms with E-state index in [-0.39, 0.29) is 12.4 Å². The molecule has 2 heterocycles. The van der Waals surface area contributed by atoms with Gasteiger partial charge in [-0.1, -0.05) is 6.07 Å². The van der Waals surface area contributed by atoms with E-state index in [2.05, 4.69) is 10.3 Å². The Kier molecular flexibility index (Phi) is 3.87. The van der Waals surface area contributed by atoms with Gasteiger partial charge < -0.3 is 10.4 Å². The number of aromatic nitrogens is 1. The van der Waals surface area contributed by atoms with Gasteiger partial charge in [0.2, 0.25) is 0 Å². The van der Waals surface area contributed by atoms with Crippen molar-refractivity contribution in [1.29, 1.82) is 0 Å². The number of nitrogens with zero attached hydrogens (tertiary/aromatic N) is 1. The van der Waals surface area contributed by atoms with Crippen LogP contribution in [0.3, 0.4) is 0 Å². The third kappa shape index (κ3) is 2.50. The number of pyridine rings is 1. The third-order valence-corrected chi connectivity index (χ3v) is 2.98. The number of halogens is 1. The van der Waals surface area contributed by atoms with Crippen molar-refractivity contribution >= 4 is 22.5 Å². The number of rotatable bonds is 1. The van der Waals surface area contributed by atoms with Crippen LogP contribution in [-0.2, 0) is 16.7 Å². The molecule has 1 aromatic heterocycles. The number of hydrogen-bond acceptors (Lipinski definition) is 5. The second-order valence-corrected chi connectivity index (χ2v) is 4.68. The molecule has 0 radical (unpaired) electrons. The zero-order valence-corrected chi connectivity index (χ0v) is 9.75. The van der Waals surface area contributed by atoms with Crippen molar-refractivity contribution in [2.24, 2.45) is 0 Å². The van der Waals surface area contributed by atoms with Crippen LogP contribution in [0.4, 0.5) is 0 Å². The molecular weight excluding hydrogens is 256 g/mol. The molecule has 16 heavy (non-hydrogen) atoms. The first-order valence-corrected chi connectivity index (χ1v) is 5.78. The smallest absolute Gasteiger partial charge is 0.312 e. The third-order valence-electron chi connectivity index (χ3n) is 2.22. The van der Waals surface area contributed by atoms with Crippen molar-refractivity contribution in [2.45, 2.75) is 17.7 Å². The van der Waals surface area contributed by atoms with Gasteiger partial charge in [0.15, 0.2) is 5.03 Å². The summed E-state index contributed by atoms with van der Waals surface area (Å²) in [5.74, 6) is 0. The zero-order valence-electron chi connectivity index (χ0n) is 8.12. The summed E-state index contributed by atoms with van der Waals surface area (Å²) in [4.78, 5) is 3.74. The molecule has 1 unspecified atom stereocenters. The fourth-order valence-corrected chi connectivity index (χ4v) is 1.96. The molecule has 0 saturated carbocycles. The fourth-order valence-electron chi connectivity index (χ4n) is 1.51. The van der Waals surface area contributed by atoms with Crippen LogP contribution in [0.25, 0.3) is 0 Å². The minimum absolute atomic E-state index is 0. The summed E-state index contributed by atoms with van der Waals surface area (Å²) in [5, 5.41) is 12.1. The lowest BCUT2D eigenvalue weighted by atomic mass is 10.1. The number of β-amino-alcohol motifs (C(OH)–C–C–N with tert-alkyl or cyclic N) is 1. The van der Waals surface area contributed by atoms with E-state index in [1.807, 2.05) is 0 Å². The molecule has 1 aliphatic rings. The molecule has 0 spiro atoms. The van der Waals surface area contributed by atoms with Crippen LogP contribution in [0.5, 0.6) is 0 Å². The first-order valence-electron chi connectivity index (χ1n) is 4.34. The largest absolute Gasteiger partial charge is 0.385 e. The monoisotopic (exact) mass is 266 g/mol. The van der Waals surface area contributed by atoms with E-state index >= 15 is 0 Å². The molecule has 0 bridgehead atoms. The maximum Gasteiger partial charge on any atom is 0.312 e. The normalized spacial score (nSPS) is 19.8. The summed E-state index contributed by atoms with van der Waals surface area (Å²) < 4.78 is 30.4. The zero-order chi connectivity index (χ0) is 11.1. The number of hydrogen-bond donors (Lipinski definition) is 3. The highest BCUT2D eigenvalue weighted by molar-refractivity contribution is 7.85. The molecule has 1 aliphatic heterocycles. The Balaban J connectivity index is 0.00000128. The van der Waals surface area contributed by atoms with Crippen LogP contribution >= 0.6 is 12.4 Å². The molecule has 1 aromatic rings. The summed E-state index contributed by atoms with van der Waals surface area (Å²) in [5.41, 5.74) is 1.05. The van der Waals surface area contributed by atoms with E-state index in [1.54, 1.807) is 0 Å². The van der Waals surface area contributed by atoms with E-state index < -0.39 is 21.2 Å². The van der Waals surface area contributed by atoms with Gasteiger partial charge in [0.05, 0.1) is 5.69 Å². The van der Waals surface area contributed by atoms with Crippen molar-refractivity contribution < 1.29 is 18.1 Å². The minimum atomic E-state index is -4.30. The average Bonchev–Trinajstić information content (AvgIpc) is 2.16. The standard InChI is InChI=1S/C8H10N2O4S.ClH/c11-6-4-9-3-5-1-2-7(10-8(5)6)15(12,13)14;/h1-2,6,9,11H,3-4H2,(H,12,13,14);1H. The molecule has 6 nitrogen and oxygen atoms in total. The minimum Gasteiger partial charge on any atom is -0.385 e. The fraction of sp³-hybridized carbons (Fsp3) is 0.375. The molecule has 1 atom stereocenters. The van der Waals surface area contributed by atoms with E-state index in [1.165, 1.54) is 12.1 Å². The maximum absolute atomic E-state index is 10.8. The van der Waals surface area contributed by atoms with Gasteiger partial charge in [0, 0.05) is 13.1 Å². The Morgan fingerprint density at radius 1 is 1.44 bits per heavy atom. The summed E-state index contributed by atoms with van der Waals surface area (Å²) in [7, 11) is -4.30. The van der Waals surface area contributed by atoms with Gasteiger partial charge in [-0.2, -0.15) is 8.42 Å². The van der Waals surface area contributed by atoms with Gasteiger partial charge in [-0.25, -0.2) is 4.98 Å². The summed E-state index contributed by atoms with van der Waals surface area (Å²) in [6, 6.07) is 2.74. The van der Waals surface area contributed by atoms with E-state index in [9.17, 15) is 13.5 Å². The number of aliphatic hydroxyl groups is 1. The van der Waals surface area contributed by atoms with Crippen LogP contribution in [-0.4, -0.2) is 29.6 Å². The number of nitrogens with one attached hydrogen (secondary N) is 1. The molecule has 0 aliphatic carbocycles. The topological polar surface area (TPSA) is 99.5 Å². The van der Waals surface area contributed by atoms with Crippen molar-refractivity contribution in [3.63, 3.8) is 0 Å². The highest BCUT2D eigenvalue weighted by atomic mass is 35.5. The van der Waals surface area contributed by atoms with Crippen LogP contribution in [0.1, 0.15) is 17.4 Å². The highest BCUT2D eigenvalue weighted by Gasteiger charge is 2.22. The van der Waals surface area contributed by atoms with E-state index in [4.69, 9.17) is 4.55 Å².